The number of nitrogens with zero attached hydrogens (tertiary/aromatic N) is 1. The minimum Gasteiger partial charge on any atom is -0.388 e. The van der Waals surface area contributed by atoms with E-state index in [-0.39, 0.29) is 5.91 Å². The lowest BCUT2D eigenvalue weighted by Gasteiger charge is -2.07. The molecule has 1 aromatic heterocycles. The third-order valence-electron chi connectivity index (χ3n) is 2.70. The van der Waals surface area contributed by atoms with E-state index >= 15 is 0 Å². The molecule has 0 unspecified atom stereocenters. The minimum absolute atomic E-state index is 0.170. The summed E-state index contributed by atoms with van der Waals surface area (Å²) in [6, 6.07) is 10.9. The molecule has 98 valence electrons. The van der Waals surface area contributed by atoms with Crippen molar-refractivity contribution in [2.24, 2.45) is 0 Å². The van der Waals surface area contributed by atoms with E-state index in [0.717, 1.165) is 15.9 Å². The second-order valence-corrected chi connectivity index (χ2v) is 4.90. The number of amides is 1. The van der Waals surface area contributed by atoms with Crippen molar-refractivity contribution in [1.82, 2.24) is 4.98 Å². The van der Waals surface area contributed by atoms with Gasteiger partial charge in [0.15, 0.2) is 0 Å². The molecule has 5 heteroatoms. The summed E-state index contributed by atoms with van der Waals surface area (Å²) in [5.41, 5.74) is 2.40. The van der Waals surface area contributed by atoms with E-state index in [4.69, 9.17) is 0 Å². The van der Waals surface area contributed by atoms with E-state index < -0.39 is 0 Å². The number of hydrogen-bond donors (Lipinski definition) is 2. The average molecular weight is 320 g/mol. The fraction of sp³-hybridized carbons (Fsp3) is 0.143. The maximum atomic E-state index is 12.0. The van der Waals surface area contributed by atoms with Crippen LogP contribution in [0.3, 0.4) is 0 Å². The Balaban J connectivity index is 2.13. The number of aryl methyl sites for hydroxylation is 1. The highest BCUT2D eigenvalue weighted by Gasteiger charge is 2.07. The van der Waals surface area contributed by atoms with E-state index in [9.17, 15) is 4.79 Å². The normalized spacial score (nSPS) is 10.1. The van der Waals surface area contributed by atoms with Crippen LogP contribution in [-0.2, 0) is 0 Å². The van der Waals surface area contributed by atoms with Crippen LogP contribution in [0.1, 0.15) is 16.1 Å². The molecule has 19 heavy (non-hydrogen) atoms. The van der Waals surface area contributed by atoms with Gasteiger partial charge in [-0.1, -0.05) is 0 Å². The van der Waals surface area contributed by atoms with Crippen molar-refractivity contribution in [3.63, 3.8) is 0 Å². The van der Waals surface area contributed by atoms with Crippen LogP contribution in [0.25, 0.3) is 0 Å². The highest BCUT2D eigenvalue weighted by molar-refractivity contribution is 9.10. The molecule has 0 atom stereocenters. The number of benzene rings is 1. The molecule has 0 spiro atoms. The number of carbonyl (C=O) groups excluding carboxylic acids is 1. The fourth-order valence-corrected chi connectivity index (χ4v) is 1.81. The third-order valence-corrected chi connectivity index (χ3v) is 3.54. The topological polar surface area (TPSA) is 54.0 Å². The maximum Gasteiger partial charge on any atom is 0.256 e. The van der Waals surface area contributed by atoms with Crippen molar-refractivity contribution in [1.29, 1.82) is 0 Å². The molecule has 0 radical (unpaired) electrons. The first kappa shape index (κ1) is 13.5. The zero-order valence-corrected chi connectivity index (χ0v) is 12.3. The van der Waals surface area contributed by atoms with Crippen LogP contribution >= 0.6 is 15.9 Å². The van der Waals surface area contributed by atoms with Crippen molar-refractivity contribution in [3.8, 4) is 0 Å². The van der Waals surface area contributed by atoms with Gasteiger partial charge in [0.25, 0.3) is 5.91 Å². The number of halogens is 1. The Hall–Kier alpha value is -1.88. The molecule has 0 fully saturated rings. The van der Waals surface area contributed by atoms with Gasteiger partial charge in [-0.15, -0.1) is 0 Å². The molecule has 1 aromatic carbocycles. The largest absolute Gasteiger partial charge is 0.388 e. The first-order valence-corrected chi connectivity index (χ1v) is 6.62. The quantitative estimate of drug-likeness (QED) is 0.911. The lowest BCUT2D eigenvalue weighted by atomic mass is 10.2. The highest BCUT2D eigenvalue weighted by atomic mass is 79.9. The Morgan fingerprint density at radius 2 is 1.84 bits per heavy atom. The average Bonchev–Trinajstić information content (AvgIpc) is 2.43. The highest BCUT2D eigenvalue weighted by Crippen LogP contribution is 2.17. The Morgan fingerprint density at radius 1 is 1.16 bits per heavy atom. The van der Waals surface area contributed by atoms with Crippen molar-refractivity contribution in [3.05, 3.63) is 52.1 Å². The van der Waals surface area contributed by atoms with Crippen molar-refractivity contribution in [2.45, 2.75) is 6.92 Å². The van der Waals surface area contributed by atoms with Crippen LogP contribution in [0.4, 0.5) is 11.5 Å². The monoisotopic (exact) mass is 319 g/mol. The Labute approximate surface area is 120 Å². The Kier molecular flexibility index (Phi) is 4.16. The van der Waals surface area contributed by atoms with Crippen LogP contribution in [-0.4, -0.2) is 17.9 Å². The molecular formula is C14H14BrN3O. The summed E-state index contributed by atoms with van der Waals surface area (Å²) >= 11 is 3.37. The van der Waals surface area contributed by atoms with Crippen molar-refractivity contribution < 1.29 is 4.79 Å². The molecule has 2 rings (SSSR count). The summed E-state index contributed by atoms with van der Waals surface area (Å²) < 4.78 is 0.920. The van der Waals surface area contributed by atoms with Crippen molar-refractivity contribution >= 4 is 33.3 Å². The van der Waals surface area contributed by atoms with Gasteiger partial charge in [-0.05, 0) is 59.3 Å². The second-order valence-electron chi connectivity index (χ2n) is 4.05. The Bertz CT molecular complexity index is 596. The molecule has 0 saturated heterocycles. The first-order chi connectivity index (χ1) is 9.10. The summed E-state index contributed by atoms with van der Waals surface area (Å²) in [4.78, 5) is 16.3. The van der Waals surface area contributed by atoms with E-state index in [1.165, 1.54) is 0 Å². The number of carbonyl (C=O) groups is 1. The lowest BCUT2D eigenvalue weighted by molar-refractivity contribution is 0.102. The molecule has 2 aromatic rings. The lowest BCUT2D eigenvalue weighted by Crippen LogP contribution is -2.13. The number of pyridine rings is 1. The van der Waals surface area contributed by atoms with Gasteiger partial charge in [0.2, 0.25) is 0 Å². The zero-order valence-electron chi connectivity index (χ0n) is 10.7. The van der Waals surface area contributed by atoms with Crippen LogP contribution in [0.15, 0.2) is 40.9 Å². The molecule has 4 nitrogen and oxygen atoms in total. The molecule has 1 amide bonds. The molecule has 0 aliphatic heterocycles. The first-order valence-electron chi connectivity index (χ1n) is 5.82. The van der Waals surface area contributed by atoms with E-state index in [2.05, 4.69) is 31.5 Å². The molecule has 0 saturated carbocycles. The molecule has 0 aliphatic carbocycles. The summed E-state index contributed by atoms with van der Waals surface area (Å²) in [5, 5.41) is 5.78. The van der Waals surface area contributed by atoms with Crippen LogP contribution in [0.2, 0.25) is 0 Å². The summed E-state index contributed by atoms with van der Waals surface area (Å²) in [5.74, 6) is 0.375. The van der Waals surface area contributed by atoms with Gasteiger partial charge in [-0.3, -0.25) is 4.79 Å². The molecule has 0 aliphatic rings. The fourth-order valence-electron chi connectivity index (χ4n) is 1.59. The molecule has 1 heterocycles. The van der Waals surface area contributed by atoms with E-state index in [1.807, 2.05) is 32.2 Å². The minimum atomic E-state index is -0.170. The summed E-state index contributed by atoms with van der Waals surface area (Å²) in [7, 11) is 1.84. The number of aromatic nitrogens is 1. The number of hydrogen-bond acceptors (Lipinski definition) is 3. The summed E-state index contributed by atoms with van der Waals surface area (Å²) in [6.07, 6.45) is 0. The van der Waals surface area contributed by atoms with Crippen LogP contribution in [0, 0.1) is 6.92 Å². The van der Waals surface area contributed by atoms with E-state index in [1.54, 1.807) is 18.2 Å². The number of rotatable bonds is 3. The van der Waals surface area contributed by atoms with Gasteiger partial charge >= 0.3 is 0 Å². The predicted octanol–water partition coefficient (Wildman–Crippen LogP) is 3.45. The zero-order chi connectivity index (χ0) is 13.8. The second kappa shape index (κ2) is 5.84. The van der Waals surface area contributed by atoms with Gasteiger partial charge in [-0.25, -0.2) is 4.98 Å². The van der Waals surface area contributed by atoms with Crippen molar-refractivity contribution in [2.75, 3.05) is 17.7 Å². The molecule has 2 N–H and O–H groups in total. The molecule has 0 bridgehead atoms. The van der Waals surface area contributed by atoms with Gasteiger partial charge in [0.1, 0.15) is 5.82 Å². The Morgan fingerprint density at radius 3 is 2.42 bits per heavy atom. The number of anilines is 2. The van der Waals surface area contributed by atoms with Gasteiger partial charge in [0, 0.05) is 22.8 Å². The van der Waals surface area contributed by atoms with E-state index in [0.29, 0.717) is 11.4 Å². The standard InChI is InChI=1S/C14H14BrN3O/c1-9-12(15)7-8-13(17-9)18-14(19)10-3-5-11(16-2)6-4-10/h3-8,16H,1-2H3,(H,17,18,19). The van der Waals surface area contributed by atoms with Gasteiger partial charge in [-0.2, -0.15) is 0 Å². The summed E-state index contributed by atoms with van der Waals surface area (Å²) in [6.45, 7) is 1.88. The maximum absolute atomic E-state index is 12.0. The van der Waals surface area contributed by atoms with Gasteiger partial charge < -0.3 is 10.6 Å². The number of nitrogens with one attached hydrogen (secondary N) is 2. The third kappa shape index (κ3) is 3.32. The smallest absolute Gasteiger partial charge is 0.256 e. The molecular weight excluding hydrogens is 306 g/mol. The van der Waals surface area contributed by atoms with Crippen LogP contribution in [0.5, 0.6) is 0 Å². The predicted molar refractivity (Wildman–Crippen MR) is 80.6 cm³/mol. The van der Waals surface area contributed by atoms with Crippen LogP contribution < -0.4 is 10.6 Å². The SMILES string of the molecule is CNc1ccc(C(=O)Nc2ccc(Br)c(C)n2)cc1. The van der Waals surface area contributed by atoms with Gasteiger partial charge in [0.05, 0.1) is 5.69 Å².